The molecule has 1 aliphatic carbocycles. The molecule has 3 heteroatoms. The zero-order valence-corrected chi connectivity index (χ0v) is 10.5. The number of rotatable bonds is 4. The SMILES string of the molecule is CC1(CNCc2cccc(Br)c2O)CC1. The van der Waals surface area contributed by atoms with Gasteiger partial charge in [0, 0.05) is 18.7 Å². The maximum atomic E-state index is 9.76. The molecule has 2 N–H and O–H groups in total. The van der Waals surface area contributed by atoms with Crippen molar-refractivity contribution >= 4 is 15.9 Å². The van der Waals surface area contributed by atoms with Crippen molar-refractivity contribution in [2.75, 3.05) is 6.54 Å². The van der Waals surface area contributed by atoms with Crippen molar-refractivity contribution in [2.24, 2.45) is 5.41 Å². The maximum Gasteiger partial charge on any atom is 0.134 e. The Labute approximate surface area is 98.8 Å². The van der Waals surface area contributed by atoms with Crippen LogP contribution in [0.15, 0.2) is 22.7 Å². The predicted molar refractivity (Wildman–Crippen MR) is 64.9 cm³/mol. The fourth-order valence-corrected chi connectivity index (χ4v) is 2.00. The van der Waals surface area contributed by atoms with Gasteiger partial charge in [0.15, 0.2) is 0 Å². The molecule has 0 saturated heterocycles. The summed E-state index contributed by atoms with van der Waals surface area (Å²) in [6.45, 7) is 4.07. The topological polar surface area (TPSA) is 32.3 Å². The lowest BCUT2D eigenvalue weighted by Gasteiger charge is -2.11. The summed E-state index contributed by atoms with van der Waals surface area (Å²) in [4.78, 5) is 0. The summed E-state index contributed by atoms with van der Waals surface area (Å²) >= 11 is 3.31. The number of hydrogen-bond acceptors (Lipinski definition) is 2. The normalized spacial score (nSPS) is 17.7. The number of halogens is 1. The third-order valence-electron chi connectivity index (χ3n) is 3.04. The van der Waals surface area contributed by atoms with E-state index in [2.05, 4.69) is 28.2 Å². The summed E-state index contributed by atoms with van der Waals surface area (Å²) in [7, 11) is 0. The minimum atomic E-state index is 0.353. The predicted octanol–water partition coefficient (Wildman–Crippen LogP) is 3.04. The molecular formula is C12H16BrNO. The van der Waals surface area contributed by atoms with Crippen molar-refractivity contribution in [1.82, 2.24) is 5.32 Å². The molecule has 15 heavy (non-hydrogen) atoms. The van der Waals surface area contributed by atoms with Gasteiger partial charge < -0.3 is 10.4 Å². The number of phenolic OH excluding ortho intramolecular Hbond substituents is 1. The van der Waals surface area contributed by atoms with Gasteiger partial charge in [-0.2, -0.15) is 0 Å². The van der Waals surface area contributed by atoms with E-state index >= 15 is 0 Å². The van der Waals surface area contributed by atoms with Crippen LogP contribution in [0.2, 0.25) is 0 Å². The van der Waals surface area contributed by atoms with Crippen LogP contribution in [-0.2, 0) is 6.54 Å². The van der Waals surface area contributed by atoms with Crippen molar-refractivity contribution in [3.8, 4) is 5.75 Å². The monoisotopic (exact) mass is 269 g/mol. The average molecular weight is 270 g/mol. The van der Waals surface area contributed by atoms with Crippen LogP contribution in [0.3, 0.4) is 0 Å². The van der Waals surface area contributed by atoms with Crippen molar-refractivity contribution < 1.29 is 5.11 Å². The summed E-state index contributed by atoms with van der Waals surface area (Å²) in [5.41, 5.74) is 1.47. The van der Waals surface area contributed by atoms with Gasteiger partial charge in [-0.25, -0.2) is 0 Å². The molecule has 1 aromatic carbocycles. The molecule has 0 spiro atoms. The molecule has 0 atom stereocenters. The Kier molecular flexibility index (Phi) is 3.03. The second-order valence-electron chi connectivity index (χ2n) is 4.66. The highest BCUT2D eigenvalue weighted by Crippen LogP contribution is 2.44. The molecule has 0 heterocycles. The maximum absolute atomic E-state index is 9.76. The van der Waals surface area contributed by atoms with Crippen molar-refractivity contribution in [3.05, 3.63) is 28.2 Å². The minimum Gasteiger partial charge on any atom is -0.506 e. The van der Waals surface area contributed by atoms with Crippen LogP contribution in [0, 0.1) is 5.41 Å². The van der Waals surface area contributed by atoms with Crippen LogP contribution in [-0.4, -0.2) is 11.7 Å². The summed E-state index contributed by atoms with van der Waals surface area (Å²) in [5, 5.41) is 13.1. The minimum absolute atomic E-state index is 0.353. The molecule has 2 rings (SSSR count). The van der Waals surface area contributed by atoms with E-state index in [1.165, 1.54) is 12.8 Å². The van der Waals surface area contributed by atoms with Crippen LogP contribution in [0.25, 0.3) is 0 Å². The molecule has 1 aliphatic rings. The lowest BCUT2D eigenvalue weighted by Crippen LogP contribution is -2.21. The molecule has 0 amide bonds. The Morgan fingerprint density at radius 2 is 2.20 bits per heavy atom. The van der Waals surface area contributed by atoms with Crippen LogP contribution < -0.4 is 5.32 Å². The zero-order valence-electron chi connectivity index (χ0n) is 8.89. The van der Waals surface area contributed by atoms with Gasteiger partial charge in [-0.1, -0.05) is 19.1 Å². The highest BCUT2D eigenvalue weighted by atomic mass is 79.9. The Balaban J connectivity index is 1.90. The summed E-state index contributed by atoms with van der Waals surface area (Å²) in [6.07, 6.45) is 2.65. The molecule has 0 aliphatic heterocycles. The number of para-hydroxylation sites is 1. The third kappa shape index (κ3) is 2.73. The van der Waals surface area contributed by atoms with Gasteiger partial charge in [-0.15, -0.1) is 0 Å². The molecule has 0 bridgehead atoms. The second kappa shape index (κ2) is 4.14. The number of aromatic hydroxyl groups is 1. The first-order chi connectivity index (χ1) is 7.11. The molecule has 1 saturated carbocycles. The first kappa shape index (κ1) is 11.0. The van der Waals surface area contributed by atoms with E-state index in [1.54, 1.807) is 0 Å². The standard InChI is InChI=1S/C12H16BrNO/c1-12(5-6-12)8-14-7-9-3-2-4-10(13)11(9)15/h2-4,14-15H,5-8H2,1H3. The highest BCUT2D eigenvalue weighted by molar-refractivity contribution is 9.10. The van der Waals surface area contributed by atoms with Crippen LogP contribution in [0.4, 0.5) is 0 Å². The van der Waals surface area contributed by atoms with Crippen LogP contribution in [0.1, 0.15) is 25.3 Å². The van der Waals surface area contributed by atoms with Gasteiger partial charge in [0.2, 0.25) is 0 Å². The molecule has 0 radical (unpaired) electrons. The number of benzene rings is 1. The third-order valence-corrected chi connectivity index (χ3v) is 3.68. The summed E-state index contributed by atoms with van der Waals surface area (Å²) in [5.74, 6) is 0.353. The van der Waals surface area contributed by atoms with Crippen molar-refractivity contribution in [2.45, 2.75) is 26.3 Å². The lowest BCUT2D eigenvalue weighted by molar-refractivity contribution is 0.452. The van der Waals surface area contributed by atoms with E-state index in [-0.39, 0.29) is 0 Å². The van der Waals surface area contributed by atoms with Crippen molar-refractivity contribution in [3.63, 3.8) is 0 Å². The molecule has 1 aromatic rings. The van der Waals surface area contributed by atoms with Gasteiger partial charge in [-0.3, -0.25) is 0 Å². The molecule has 1 fully saturated rings. The fraction of sp³-hybridized carbons (Fsp3) is 0.500. The molecule has 2 nitrogen and oxygen atoms in total. The first-order valence-electron chi connectivity index (χ1n) is 5.28. The summed E-state index contributed by atoms with van der Waals surface area (Å²) < 4.78 is 0.763. The van der Waals surface area contributed by atoms with Crippen LogP contribution >= 0.6 is 15.9 Å². The van der Waals surface area contributed by atoms with Gasteiger partial charge in [0.1, 0.15) is 5.75 Å². The molecule has 82 valence electrons. The molecule has 0 unspecified atom stereocenters. The van der Waals surface area contributed by atoms with Gasteiger partial charge in [0.05, 0.1) is 4.47 Å². The highest BCUT2D eigenvalue weighted by Gasteiger charge is 2.36. The van der Waals surface area contributed by atoms with E-state index in [1.807, 2.05) is 18.2 Å². The number of hydrogen-bond donors (Lipinski definition) is 2. The Morgan fingerprint density at radius 3 is 2.87 bits per heavy atom. The average Bonchev–Trinajstić information content (AvgIpc) is 2.92. The van der Waals surface area contributed by atoms with Gasteiger partial charge >= 0.3 is 0 Å². The Morgan fingerprint density at radius 1 is 1.47 bits per heavy atom. The van der Waals surface area contributed by atoms with Gasteiger partial charge in [-0.05, 0) is 40.3 Å². The fourth-order valence-electron chi connectivity index (χ4n) is 1.59. The van der Waals surface area contributed by atoms with E-state index in [0.29, 0.717) is 11.2 Å². The smallest absolute Gasteiger partial charge is 0.134 e. The van der Waals surface area contributed by atoms with Crippen LogP contribution in [0.5, 0.6) is 5.75 Å². The second-order valence-corrected chi connectivity index (χ2v) is 5.52. The Hall–Kier alpha value is -0.540. The largest absolute Gasteiger partial charge is 0.506 e. The van der Waals surface area contributed by atoms with E-state index in [4.69, 9.17) is 0 Å². The summed E-state index contributed by atoms with van der Waals surface area (Å²) in [6, 6.07) is 5.74. The number of phenols is 1. The molecular weight excluding hydrogens is 254 g/mol. The number of nitrogens with one attached hydrogen (secondary N) is 1. The van der Waals surface area contributed by atoms with E-state index < -0.39 is 0 Å². The van der Waals surface area contributed by atoms with Crippen molar-refractivity contribution in [1.29, 1.82) is 0 Å². The Bertz CT molecular complexity index is 361. The first-order valence-corrected chi connectivity index (χ1v) is 6.07. The quantitative estimate of drug-likeness (QED) is 0.881. The van der Waals surface area contributed by atoms with Gasteiger partial charge in [0.25, 0.3) is 0 Å². The zero-order chi connectivity index (χ0) is 10.9. The lowest BCUT2D eigenvalue weighted by atomic mass is 10.1. The van der Waals surface area contributed by atoms with E-state index in [0.717, 1.165) is 23.1 Å². The molecule has 0 aromatic heterocycles. The van der Waals surface area contributed by atoms with E-state index in [9.17, 15) is 5.11 Å².